The minimum absolute atomic E-state index is 0.415. The van der Waals surface area contributed by atoms with Gasteiger partial charge in [-0.2, -0.15) is 5.26 Å². The predicted octanol–water partition coefficient (Wildman–Crippen LogP) is 3.22. The Morgan fingerprint density at radius 3 is 2.81 bits per heavy atom. The second kappa shape index (κ2) is 7.58. The maximum atomic E-state index is 9.22. The lowest BCUT2D eigenvalue weighted by molar-refractivity contribution is 0.171. The zero-order chi connectivity index (χ0) is 15.1. The van der Waals surface area contributed by atoms with Crippen molar-refractivity contribution >= 4 is 11.8 Å². The Morgan fingerprint density at radius 2 is 2.10 bits per heavy atom. The van der Waals surface area contributed by atoms with Gasteiger partial charge in [-0.25, -0.2) is 0 Å². The van der Waals surface area contributed by atoms with Crippen LogP contribution in [0.4, 0.5) is 0 Å². The molecule has 1 aliphatic rings. The van der Waals surface area contributed by atoms with Crippen molar-refractivity contribution in [1.29, 1.82) is 5.26 Å². The van der Waals surface area contributed by atoms with Crippen molar-refractivity contribution in [3.05, 3.63) is 18.2 Å². The van der Waals surface area contributed by atoms with Gasteiger partial charge in [-0.3, -0.25) is 5.32 Å². The zero-order valence-corrected chi connectivity index (χ0v) is 13.5. The van der Waals surface area contributed by atoms with Crippen LogP contribution in [0.1, 0.15) is 26.7 Å². The minimum atomic E-state index is -0.415. The predicted molar refractivity (Wildman–Crippen MR) is 85.1 cm³/mol. The summed E-state index contributed by atoms with van der Waals surface area (Å²) in [7, 11) is 0. The Hall–Kier alpha value is -1.38. The van der Waals surface area contributed by atoms with E-state index in [1.165, 1.54) is 4.90 Å². The fraction of sp³-hybridized carbons (Fsp3) is 0.562. The van der Waals surface area contributed by atoms with Gasteiger partial charge in [0.05, 0.1) is 6.07 Å². The van der Waals surface area contributed by atoms with Crippen LogP contribution in [0.3, 0.4) is 0 Å². The molecule has 1 aromatic rings. The summed E-state index contributed by atoms with van der Waals surface area (Å²) in [4.78, 5) is 1.18. The molecule has 1 atom stereocenters. The van der Waals surface area contributed by atoms with Gasteiger partial charge in [-0.05, 0) is 50.3 Å². The van der Waals surface area contributed by atoms with Gasteiger partial charge in [0.2, 0.25) is 0 Å². The van der Waals surface area contributed by atoms with Crippen LogP contribution in [0, 0.1) is 11.3 Å². The zero-order valence-electron chi connectivity index (χ0n) is 12.6. The third kappa shape index (κ3) is 4.55. The number of nitrogens with one attached hydrogen (secondary N) is 1. The number of rotatable bonds is 7. The number of hydrogen-bond donors (Lipinski definition) is 1. The lowest BCUT2D eigenvalue weighted by Crippen LogP contribution is -2.40. The van der Waals surface area contributed by atoms with Crippen LogP contribution < -0.4 is 14.8 Å². The summed E-state index contributed by atoms with van der Waals surface area (Å²) in [6.45, 7) is 6.05. The molecule has 2 rings (SSSR count). The van der Waals surface area contributed by atoms with Crippen molar-refractivity contribution < 1.29 is 9.47 Å². The van der Waals surface area contributed by atoms with Crippen molar-refractivity contribution in [2.24, 2.45) is 0 Å². The van der Waals surface area contributed by atoms with Gasteiger partial charge in [0, 0.05) is 4.90 Å². The van der Waals surface area contributed by atoms with Crippen LogP contribution >= 0.6 is 11.8 Å². The lowest BCUT2D eigenvalue weighted by atomic mass is 9.98. The molecule has 0 bridgehead atoms. The molecule has 0 spiro atoms. The molecule has 1 unspecified atom stereocenters. The van der Waals surface area contributed by atoms with Gasteiger partial charge >= 0.3 is 0 Å². The summed E-state index contributed by atoms with van der Waals surface area (Å²) < 4.78 is 11.1. The molecule has 114 valence electrons. The first-order valence-electron chi connectivity index (χ1n) is 7.35. The highest BCUT2D eigenvalue weighted by molar-refractivity contribution is 7.99. The number of ether oxygens (including phenoxy) is 2. The van der Waals surface area contributed by atoms with E-state index in [2.05, 4.69) is 17.5 Å². The molecule has 21 heavy (non-hydrogen) atoms. The first kappa shape index (κ1) is 16.0. The monoisotopic (exact) mass is 306 g/mol. The summed E-state index contributed by atoms with van der Waals surface area (Å²) in [6.07, 6.45) is 1.85. The van der Waals surface area contributed by atoms with Crippen molar-refractivity contribution in [1.82, 2.24) is 5.32 Å². The van der Waals surface area contributed by atoms with E-state index in [-0.39, 0.29) is 0 Å². The van der Waals surface area contributed by atoms with Gasteiger partial charge in [-0.15, -0.1) is 11.8 Å². The van der Waals surface area contributed by atoms with Crippen LogP contribution in [0.15, 0.2) is 23.1 Å². The molecular formula is C16H22N2O2S. The molecule has 0 fully saturated rings. The van der Waals surface area contributed by atoms with Crippen LogP contribution in [0.5, 0.6) is 11.5 Å². The molecule has 5 heteroatoms. The first-order chi connectivity index (χ1) is 10.2. The van der Waals surface area contributed by atoms with E-state index in [1.54, 1.807) is 11.8 Å². The molecule has 0 amide bonds. The Balaban J connectivity index is 1.80. The van der Waals surface area contributed by atoms with Crippen LogP contribution in [0.25, 0.3) is 0 Å². The van der Waals surface area contributed by atoms with Gasteiger partial charge in [-0.1, -0.05) is 6.92 Å². The normalized spacial score (nSPS) is 16.0. The molecule has 0 aromatic heterocycles. The lowest BCUT2D eigenvalue weighted by Gasteiger charge is -2.22. The second-order valence-electron chi connectivity index (χ2n) is 5.23. The largest absolute Gasteiger partial charge is 0.486 e. The maximum Gasteiger partial charge on any atom is 0.162 e. The molecule has 0 saturated heterocycles. The standard InChI is InChI=1S/C16H22N2O2S/c1-3-18-16(2,12-17)7-4-10-21-13-5-6-14-15(11-13)20-9-8-19-14/h5-6,11,18H,3-4,7-10H2,1-2H3. The van der Waals surface area contributed by atoms with Crippen LogP contribution in [-0.4, -0.2) is 31.1 Å². The molecule has 0 aliphatic carbocycles. The van der Waals surface area contributed by atoms with Gasteiger partial charge in [0.15, 0.2) is 11.5 Å². The van der Waals surface area contributed by atoms with Gasteiger partial charge in [0.1, 0.15) is 18.8 Å². The van der Waals surface area contributed by atoms with E-state index in [4.69, 9.17) is 9.47 Å². The van der Waals surface area contributed by atoms with E-state index in [0.717, 1.165) is 36.6 Å². The van der Waals surface area contributed by atoms with E-state index >= 15 is 0 Å². The van der Waals surface area contributed by atoms with E-state index in [9.17, 15) is 5.26 Å². The average Bonchev–Trinajstić information content (AvgIpc) is 2.52. The molecule has 1 aliphatic heterocycles. The van der Waals surface area contributed by atoms with Crippen molar-refractivity contribution in [3.63, 3.8) is 0 Å². The fourth-order valence-corrected chi connectivity index (χ4v) is 3.18. The first-order valence-corrected chi connectivity index (χ1v) is 8.34. The molecule has 1 aromatic carbocycles. The molecule has 0 saturated carbocycles. The Morgan fingerprint density at radius 1 is 1.33 bits per heavy atom. The molecule has 4 nitrogen and oxygen atoms in total. The SMILES string of the molecule is CCNC(C)(C#N)CCCSc1ccc2c(c1)OCCO2. The van der Waals surface area contributed by atoms with Gasteiger partial charge in [0.25, 0.3) is 0 Å². The molecule has 1 heterocycles. The summed E-state index contributed by atoms with van der Waals surface area (Å²) in [5.74, 6) is 2.65. The minimum Gasteiger partial charge on any atom is -0.486 e. The van der Waals surface area contributed by atoms with Crippen LogP contribution in [0.2, 0.25) is 0 Å². The fourth-order valence-electron chi connectivity index (χ4n) is 2.30. The molecule has 1 N–H and O–H groups in total. The number of hydrogen-bond acceptors (Lipinski definition) is 5. The Kier molecular flexibility index (Phi) is 5.77. The third-order valence-electron chi connectivity index (χ3n) is 3.42. The number of benzene rings is 1. The number of fused-ring (bicyclic) bond motifs is 1. The smallest absolute Gasteiger partial charge is 0.162 e. The second-order valence-corrected chi connectivity index (χ2v) is 6.40. The van der Waals surface area contributed by atoms with Gasteiger partial charge < -0.3 is 9.47 Å². The van der Waals surface area contributed by atoms with E-state index in [0.29, 0.717) is 13.2 Å². The average molecular weight is 306 g/mol. The Labute approximate surface area is 130 Å². The number of nitriles is 1. The maximum absolute atomic E-state index is 9.22. The highest BCUT2D eigenvalue weighted by atomic mass is 32.2. The summed E-state index contributed by atoms with van der Waals surface area (Å²) in [6, 6.07) is 8.43. The third-order valence-corrected chi connectivity index (χ3v) is 4.50. The van der Waals surface area contributed by atoms with Crippen molar-refractivity contribution in [2.75, 3.05) is 25.5 Å². The Bertz CT molecular complexity index is 515. The van der Waals surface area contributed by atoms with Crippen molar-refractivity contribution in [3.8, 4) is 17.6 Å². The number of thioether (sulfide) groups is 1. The molecule has 0 radical (unpaired) electrons. The molecular weight excluding hydrogens is 284 g/mol. The highest BCUT2D eigenvalue weighted by Crippen LogP contribution is 2.34. The topological polar surface area (TPSA) is 54.3 Å². The van der Waals surface area contributed by atoms with Crippen LogP contribution in [-0.2, 0) is 0 Å². The quantitative estimate of drug-likeness (QED) is 0.619. The number of nitrogens with zero attached hydrogens (tertiary/aromatic N) is 1. The van der Waals surface area contributed by atoms with Crippen molar-refractivity contribution in [2.45, 2.75) is 37.1 Å². The van der Waals surface area contributed by atoms with E-state index in [1.807, 2.05) is 26.0 Å². The highest BCUT2D eigenvalue weighted by Gasteiger charge is 2.21. The summed E-state index contributed by atoms with van der Waals surface area (Å²) >= 11 is 1.79. The summed E-state index contributed by atoms with van der Waals surface area (Å²) in [5, 5.41) is 12.5. The summed E-state index contributed by atoms with van der Waals surface area (Å²) in [5.41, 5.74) is -0.415. The van der Waals surface area contributed by atoms with E-state index < -0.39 is 5.54 Å².